The third-order valence-electron chi connectivity index (χ3n) is 6.06. The molecule has 3 rings (SSSR count). The Bertz CT molecular complexity index is 1140. The second-order valence-electron chi connectivity index (χ2n) is 9.73. The second kappa shape index (κ2) is 11.2. The highest BCUT2D eigenvalue weighted by Gasteiger charge is 2.21. The van der Waals surface area contributed by atoms with Crippen LogP contribution in [0.5, 0.6) is 0 Å². The maximum absolute atomic E-state index is 13.2. The molecule has 0 spiro atoms. The summed E-state index contributed by atoms with van der Waals surface area (Å²) in [5.74, 6) is -0.209. The molecular formula is C25H36N6O3S. The third-order valence-corrected chi connectivity index (χ3v) is 6.41. The van der Waals surface area contributed by atoms with Crippen LogP contribution in [0.25, 0.3) is 5.69 Å². The van der Waals surface area contributed by atoms with Crippen molar-refractivity contribution in [3.8, 4) is 5.69 Å². The van der Waals surface area contributed by atoms with E-state index in [4.69, 9.17) is 17.0 Å². The van der Waals surface area contributed by atoms with Crippen LogP contribution in [0.2, 0.25) is 0 Å². The minimum absolute atomic E-state index is 0.0428. The number of rotatable bonds is 6. The topological polar surface area (TPSA) is 95.0 Å². The number of hydrazone groups is 1. The number of esters is 1. The van der Waals surface area contributed by atoms with Crippen molar-refractivity contribution in [3.63, 3.8) is 0 Å². The normalized spacial score (nSPS) is 15.3. The van der Waals surface area contributed by atoms with Gasteiger partial charge in [0.15, 0.2) is 5.11 Å². The highest BCUT2D eigenvalue weighted by atomic mass is 32.1. The van der Waals surface area contributed by atoms with E-state index in [0.29, 0.717) is 49.2 Å². The number of benzene rings is 1. The molecular weight excluding hydrogens is 464 g/mol. The molecule has 0 bridgehead atoms. The van der Waals surface area contributed by atoms with E-state index in [1.807, 2.05) is 41.0 Å². The molecule has 0 aliphatic carbocycles. The molecule has 10 heteroatoms. The van der Waals surface area contributed by atoms with Gasteiger partial charge in [0.2, 0.25) is 0 Å². The lowest BCUT2D eigenvalue weighted by molar-refractivity contribution is -0.144. The van der Waals surface area contributed by atoms with Crippen LogP contribution in [0.15, 0.2) is 34.2 Å². The van der Waals surface area contributed by atoms with Gasteiger partial charge in [0.05, 0.1) is 30.1 Å². The molecule has 1 aromatic heterocycles. The first-order valence-electron chi connectivity index (χ1n) is 11.9. The first-order chi connectivity index (χ1) is 16.5. The van der Waals surface area contributed by atoms with Crippen LogP contribution in [-0.4, -0.2) is 75.7 Å². The summed E-state index contributed by atoms with van der Waals surface area (Å²) in [4.78, 5) is 28.9. The number of piperazine rings is 1. The highest BCUT2D eigenvalue weighted by molar-refractivity contribution is 7.80. The van der Waals surface area contributed by atoms with Crippen molar-refractivity contribution in [3.05, 3.63) is 51.4 Å². The van der Waals surface area contributed by atoms with Gasteiger partial charge in [-0.05, 0) is 56.1 Å². The van der Waals surface area contributed by atoms with E-state index in [2.05, 4.69) is 36.4 Å². The summed E-state index contributed by atoms with van der Waals surface area (Å²) < 4.78 is 6.55. The zero-order valence-corrected chi connectivity index (χ0v) is 22.3. The average molecular weight is 501 g/mol. The van der Waals surface area contributed by atoms with Crippen molar-refractivity contribution in [2.45, 2.75) is 47.0 Å². The first kappa shape index (κ1) is 26.6. The van der Waals surface area contributed by atoms with Gasteiger partial charge in [-0.1, -0.05) is 32.9 Å². The summed E-state index contributed by atoms with van der Waals surface area (Å²) in [7, 11) is 0. The summed E-state index contributed by atoms with van der Waals surface area (Å²) in [5.41, 5.74) is 6.59. The quantitative estimate of drug-likeness (QED) is 0.272. The van der Waals surface area contributed by atoms with E-state index in [0.717, 1.165) is 11.4 Å². The van der Waals surface area contributed by atoms with E-state index in [9.17, 15) is 9.59 Å². The Labute approximate surface area is 212 Å². The van der Waals surface area contributed by atoms with Crippen LogP contribution in [0.1, 0.15) is 51.4 Å². The third kappa shape index (κ3) is 6.58. The maximum Gasteiger partial charge on any atom is 0.320 e. The number of H-pyrrole nitrogens is 1. The van der Waals surface area contributed by atoms with Gasteiger partial charge in [-0.25, -0.2) is 4.68 Å². The monoisotopic (exact) mass is 500 g/mol. The molecule has 9 nitrogen and oxygen atoms in total. The number of aromatic amines is 1. The number of thiocarbonyl (C=S) groups is 1. The van der Waals surface area contributed by atoms with E-state index in [-0.39, 0.29) is 23.5 Å². The molecule has 0 amide bonds. The van der Waals surface area contributed by atoms with Gasteiger partial charge in [-0.2, -0.15) is 5.10 Å². The van der Waals surface area contributed by atoms with Crippen molar-refractivity contribution in [1.82, 2.24) is 25.0 Å². The standard InChI is InChI=1S/C25H36N6O3S/c1-7-34-21(32)16-29-12-14-30(15-13-29)24(35)27-26-17(2)22-18(3)28-31(23(22)33)20-10-8-19(9-11-20)25(4,5)6/h8-11,28H,7,12-16H2,1-6H3,(H,27,35)/b26-17+. The van der Waals surface area contributed by atoms with Crippen molar-refractivity contribution in [2.75, 3.05) is 39.3 Å². The fraction of sp³-hybridized carbons (Fsp3) is 0.520. The van der Waals surface area contributed by atoms with Crippen molar-refractivity contribution in [2.24, 2.45) is 5.10 Å². The van der Waals surface area contributed by atoms with Crippen LogP contribution in [-0.2, 0) is 14.9 Å². The molecule has 1 aromatic carbocycles. The van der Waals surface area contributed by atoms with Crippen molar-refractivity contribution in [1.29, 1.82) is 0 Å². The van der Waals surface area contributed by atoms with Gasteiger partial charge >= 0.3 is 5.97 Å². The lowest BCUT2D eigenvalue weighted by Crippen LogP contribution is -2.52. The van der Waals surface area contributed by atoms with Crippen molar-refractivity contribution >= 4 is 29.0 Å². The number of hydrogen-bond donors (Lipinski definition) is 2. The summed E-state index contributed by atoms with van der Waals surface area (Å²) >= 11 is 5.51. The first-order valence-corrected chi connectivity index (χ1v) is 12.3. The Morgan fingerprint density at radius 3 is 2.37 bits per heavy atom. The minimum Gasteiger partial charge on any atom is -0.465 e. The summed E-state index contributed by atoms with van der Waals surface area (Å²) in [6, 6.07) is 7.99. The Balaban J connectivity index is 1.64. The molecule has 0 radical (unpaired) electrons. The number of nitrogens with one attached hydrogen (secondary N) is 2. The molecule has 1 fully saturated rings. The summed E-state index contributed by atoms with van der Waals surface area (Å²) in [5, 5.41) is 8.05. The summed E-state index contributed by atoms with van der Waals surface area (Å²) in [6.07, 6.45) is 0. The molecule has 0 atom stereocenters. The minimum atomic E-state index is -0.209. The highest BCUT2D eigenvalue weighted by Crippen LogP contribution is 2.23. The lowest BCUT2D eigenvalue weighted by Gasteiger charge is -2.35. The van der Waals surface area contributed by atoms with E-state index in [1.165, 1.54) is 10.2 Å². The zero-order valence-electron chi connectivity index (χ0n) is 21.5. The number of carbonyl (C=O) groups excluding carboxylic acids is 1. The predicted octanol–water partition coefficient (Wildman–Crippen LogP) is 2.55. The Morgan fingerprint density at radius 2 is 1.80 bits per heavy atom. The number of carbonyl (C=O) groups is 1. The number of nitrogens with zero attached hydrogens (tertiary/aromatic N) is 4. The molecule has 2 N–H and O–H groups in total. The molecule has 1 aliphatic heterocycles. The van der Waals surface area contributed by atoms with E-state index < -0.39 is 0 Å². The van der Waals surface area contributed by atoms with Crippen LogP contribution < -0.4 is 11.0 Å². The van der Waals surface area contributed by atoms with Crippen LogP contribution in [0.3, 0.4) is 0 Å². The fourth-order valence-electron chi connectivity index (χ4n) is 4.02. The molecule has 190 valence electrons. The van der Waals surface area contributed by atoms with Gasteiger partial charge < -0.3 is 9.64 Å². The average Bonchev–Trinajstić information content (AvgIpc) is 3.11. The van der Waals surface area contributed by atoms with Crippen LogP contribution in [0, 0.1) is 6.92 Å². The van der Waals surface area contributed by atoms with Gasteiger partial charge in [0.1, 0.15) is 0 Å². The van der Waals surface area contributed by atoms with Gasteiger partial charge in [-0.3, -0.25) is 25.0 Å². The van der Waals surface area contributed by atoms with E-state index >= 15 is 0 Å². The predicted molar refractivity (Wildman–Crippen MR) is 142 cm³/mol. The van der Waals surface area contributed by atoms with Crippen LogP contribution in [0.4, 0.5) is 0 Å². The molecule has 1 aliphatic rings. The Kier molecular flexibility index (Phi) is 8.50. The van der Waals surface area contributed by atoms with Gasteiger partial charge in [0.25, 0.3) is 5.56 Å². The smallest absolute Gasteiger partial charge is 0.320 e. The van der Waals surface area contributed by atoms with Crippen molar-refractivity contribution < 1.29 is 9.53 Å². The van der Waals surface area contributed by atoms with Gasteiger partial charge in [0, 0.05) is 31.9 Å². The maximum atomic E-state index is 13.2. The summed E-state index contributed by atoms with van der Waals surface area (Å²) in [6.45, 7) is 15.4. The van der Waals surface area contributed by atoms with E-state index in [1.54, 1.807) is 13.8 Å². The molecule has 35 heavy (non-hydrogen) atoms. The van der Waals surface area contributed by atoms with Crippen LogP contribution >= 0.6 is 12.2 Å². The molecule has 0 unspecified atom stereocenters. The number of ether oxygens (including phenoxy) is 1. The molecule has 1 saturated heterocycles. The Hall–Kier alpha value is -2.98. The Morgan fingerprint density at radius 1 is 1.17 bits per heavy atom. The van der Waals surface area contributed by atoms with Gasteiger partial charge in [-0.15, -0.1) is 0 Å². The lowest BCUT2D eigenvalue weighted by atomic mass is 9.87. The molecule has 2 aromatic rings. The largest absolute Gasteiger partial charge is 0.465 e. The number of aryl methyl sites for hydroxylation is 1. The fourth-order valence-corrected chi connectivity index (χ4v) is 4.25. The second-order valence-corrected chi connectivity index (χ2v) is 10.1. The number of aromatic nitrogens is 2. The number of hydrogen-bond acceptors (Lipinski definition) is 6. The zero-order chi connectivity index (χ0) is 25.8. The molecule has 2 heterocycles. The SMILES string of the molecule is CCOC(=O)CN1CCN(C(=S)N/N=C(\C)c2c(C)[nH]n(-c3ccc(C(C)(C)C)cc3)c2=O)CC1. The molecule has 0 saturated carbocycles.